The lowest BCUT2D eigenvalue weighted by Crippen LogP contribution is -1.82. The second-order valence-electron chi connectivity index (χ2n) is 2.66. The number of allylic oxidation sites excluding steroid dienone is 2. The molecule has 0 spiro atoms. The lowest BCUT2D eigenvalue weighted by molar-refractivity contribution is 0.514. The molecule has 15 heavy (non-hydrogen) atoms. The zero-order chi connectivity index (χ0) is 11.8. The van der Waals surface area contributed by atoms with Crippen molar-refractivity contribution in [1.82, 2.24) is 4.98 Å². The third kappa shape index (κ3) is 3.96. The van der Waals surface area contributed by atoms with Crippen molar-refractivity contribution in [3.8, 4) is 0 Å². The first-order valence-electron chi connectivity index (χ1n) is 5.17. The topological polar surface area (TPSA) is 26.0 Å². The molecule has 0 saturated carbocycles. The molecule has 0 aliphatic heterocycles. The van der Waals surface area contributed by atoms with E-state index in [-0.39, 0.29) is 0 Å². The summed E-state index contributed by atoms with van der Waals surface area (Å²) in [6, 6.07) is 0. The van der Waals surface area contributed by atoms with Gasteiger partial charge < -0.3 is 4.42 Å². The minimum absolute atomic E-state index is 0.567. The van der Waals surface area contributed by atoms with E-state index in [4.69, 9.17) is 4.42 Å². The average molecular weight is 225 g/mol. The lowest BCUT2D eigenvalue weighted by atomic mass is 10.3. The molecule has 2 nitrogen and oxygen atoms in total. The Kier molecular flexibility index (Phi) is 6.88. The fourth-order valence-corrected chi connectivity index (χ4v) is 1.25. The van der Waals surface area contributed by atoms with E-state index in [0.29, 0.717) is 10.8 Å². The van der Waals surface area contributed by atoms with Crippen LogP contribution in [-0.2, 0) is 6.42 Å². The molecule has 0 aliphatic carbocycles. The summed E-state index contributed by atoms with van der Waals surface area (Å²) in [5, 5.41) is 0. The van der Waals surface area contributed by atoms with Gasteiger partial charge in [0.1, 0.15) is 5.76 Å². The van der Waals surface area contributed by atoms with E-state index in [9.17, 15) is 0 Å². The van der Waals surface area contributed by atoms with Crippen molar-refractivity contribution in [2.24, 2.45) is 0 Å². The van der Waals surface area contributed by atoms with Crippen molar-refractivity contribution in [3.05, 3.63) is 36.1 Å². The Hall–Kier alpha value is -0.960. The molecule has 0 saturated heterocycles. The van der Waals surface area contributed by atoms with E-state index in [1.807, 2.05) is 27.7 Å². The van der Waals surface area contributed by atoms with Crippen LogP contribution in [0.15, 0.2) is 23.1 Å². The number of aromatic nitrogens is 1. The molecule has 0 aliphatic rings. The minimum Gasteiger partial charge on any atom is -0.441 e. The number of oxazole rings is 1. The molecule has 3 heteroatoms. The van der Waals surface area contributed by atoms with Crippen LogP contribution in [0.5, 0.6) is 0 Å². The fraction of sp³-hybridized carbons (Fsp3) is 0.417. The standard InChI is InChI=1S/C10H13NOS.C2H6/c1-4-6-9(13)10-11-8(5-2)7(3)12-10;1-2/h4,6,13H,1,5H2,2-3H3;1-2H3/b9-6-;. The zero-order valence-corrected chi connectivity index (χ0v) is 10.8. The van der Waals surface area contributed by atoms with Crippen LogP contribution in [-0.4, -0.2) is 4.98 Å². The van der Waals surface area contributed by atoms with Crippen LogP contribution in [0.4, 0.5) is 0 Å². The van der Waals surface area contributed by atoms with E-state index >= 15 is 0 Å². The molecular formula is C12H19NOS. The van der Waals surface area contributed by atoms with Gasteiger partial charge in [0.05, 0.1) is 10.6 Å². The highest BCUT2D eigenvalue weighted by Crippen LogP contribution is 2.20. The first-order chi connectivity index (χ1) is 7.19. The van der Waals surface area contributed by atoms with Crippen molar-refractivity contribution in [1.29, 1.82) is 0 Å². The van der Waals surface area contributed by atoms with Gasteiger partial charge in [0.2, 0.25) is 5.89 Å². The molecule has 1 aromatic heterocycles. The van der Waals surface area contributed by atoms with E-state index in [1.165, 1.54) is 0 Å². The molecule has 1 aromatic rings. The molecule has 0 aromatic carbocycles. The highest BCUT2D eigenvalue weighted by Gasteiger charge is 2.08. The van der Waals surface area contributed by atoms with Crippen molar-refractivity contribution in [2.75, 3.05) is 0 Å². The Morgan fingerprint density at radius 3 is 2.53 bits per heavy atom. The maximum atomic E-state index is 5.42. The molecule has 0 unspecified atom stereocenters. The molecule has 0 radical (unpaired) electrons. The first kappa shape index (κ1) is 14.0. The molecule has 0 amide bonds. The molecule has 84 valence electrons. The van der Waals surface area contributed by atoms with Crippen molar-refractivity contribution in [2.45, 2.75) is 34.1 Å². The van der Waals surface area contributed by atoms with Crippen LogP contribution < -0.4 is 0 Å². The van der Waals surface area contributed by atoms with Gasteiger partial charge in [0, 0.05) is 0 Å². The van der Waals surface area contributed by atoms with Crippen LogP contribution >= 0.6 is 12.6 Å². The monoisotopic (exact) mass is 225 g/mol. The Balaban J connectivity index is 0.000000921. The van der Waals surface area contributed by atoms with Crippen LogP contribution in [0.25, 0.3) is 4.91 Å². The van der Waals surface area contributed by atoms with Gasteiger partial charge in [0.15, 0.2) is 0 Å². The van der Waals surface area contributed by atoms with E-state index in [1.54, 1.807) is 12.2 Å². The van der Waals surface area contributed by atoms with Gasteiger partial charge in [-0.25, -0.2) is 4.98 Å². The molecule has 1 heterocycles. The Bertz CT molecular complexity index is 339. The lowest BCUT2D eigenvalue weighted by Gasteiger charge is -1.88. The molecule has 0 atom stereocenters. The molecular weight excluding hydrogens is 206 g/mol. The minimum atomic E-state index is 0.567. The summed E-state index contributed by atoms with van der Waals surface area (Å²) in [6.45, 7) is 11.5. The average Bonchev–Trinajstić information content (AvgIpc) is 2.63. The number of rotatable bonds is 3. The van der Waals surface area contributed by atoms with Gasteiger partial charge in [0.25, 0.3) is 0 Å². The van der Waals surface area contributed by atoms with Gasteiger partial charge in [-0.05, 0) is 19.4 Å². The third-order valence-corrected chi connectivity index (χ3v) is 2.06. The fourth-order valence-electron chi connectivity index (χ4n) is 1.05. The molecule has 0 bridgehead atoms. The summed E-state index contributed by atoms with van der Waals surface area (Å²) >= 11 is 4.23. The van der Waals surface area contributed by atoms with Gasteiger partial charge >= 0.3 is 0 Å². The predicted molar refractivity (Wildman–Crippen MR) is 69.1 cm³/mol. The maximum Gasteiger partial charge on any atom is 0.232 e. The summed E-state index contributed by atoms with van der Waals surface area (Å²) in [6.07, 6.45) is 4.30. The SMILES string of the molecule is C=C/C=C(\S)c1nc(CC)c(C)o1.CC. The quantitative estimate of drug-likeness (QED) is 0.621. The number of nitrogens with zero attached hydrogens (tertiary/aromatic N) is 1. The predicted octanol–water partition coefficient (Wildman–Crippen LogP) is 4.03. The summed E-state index contributed by atoms with van der Waals surface area (Å²) in [7, 11) is 0. The van der Waals surface area contributed by atoms with Crippen LogP contribution in [0.1, 0.15) is 38.1 Å². The molecule has 0 N–H and O–H groups in total. The number of thiol groups is 1. The largest absolute Gasteiger partial charge is 0.441 e. The highest BCUT2D eigenvalue weighted by molar-refractivity contribution is 7.90. The second kappa shape index (κ2) is 7.35. The smallest absolute Gasteiger partial charge is 0.232 e. The number of hydrogen-bond acceptors (Lipinski definition) is 3. The summed E-state index contributed by atoms with van der Waals surface area (Å²) < 4.78 is 5.42. The highest BCUT2D eigenvalue weighted by atomic mass is 32.1. The van der Waals surface area contributed by atoms with E-state index < -0.39 is 0 Å². The first-order valence-corrected chi connectivity index (χ1v) is 5.62. The van der Waals surface area contributed by atoms with E-state index in [0.717, 1.165) is 17.9 Å². The van der Waals surface area contributed by atoms with Gasteiger partial charge in [-0.2, -0.15) is 0 Å². The van der Waals surface area contributed by atoms with Gasteiger partial charge in [-0.15, -0.1) is 12.6 Å². The van der Waals surface area contributed by atoms with Crippen LogP contribution in [0.3, 0.4) is 0 Å². The van der Waals surface area contributed by atoms with Crippen molar-refractivity contribution < 1.29 is 4.42 Å². The normalized spacial score (nSPS) is 10.6. The van der Waals surface area contributed by atoms with E-state index in [2.05, 4.69) is 24.2 Å². The van der Waals surface area contributed by atoms with Gasteiger partial charge in [-0.1, -0.05) is 33.4 Å². The molecule has 0 fully saturated rings. The summed E-state index contributed by atoms with van der Waals surface area (Å²) in [4.78, 5) is 4.99. The van der Waals surface area contributed by atoms with Crippen molar-refractivity contribution in [3.63, 3.8) is 0 Å². The summed E-state index contributed by atoms with van der Waals surface area (Å²) in [5.74, 6) is 1.43. The Morgan fingerprint density at radius 2 is 2.13 bits per heavy atom. The third-order valence-electron chi connectivity index (χ3n) is 1.72. The van der Waals surface area contributed by atoms with Crippen LogP contribution in [0.2, 0.25) is 0 Å². The Morgan fingerprint density at radius 1 is 1.53 bits per heavy atom. The van der Waals surface area contributed by atoms with Crippen LogP contribution in [0, 0.1) is 6.92 Å². The maximum absolute atomic E-state index is 5.42. The molecule has 1 rings (SSSR count). The second-order valence-corrected chi connectivity index (χ2v) is 3.14. The summed E-state index contributed by atoms with van der Waals surface area (Å²) in [5.41, 5.74) is 0.985. The number of aryl methyl sites for hydroxylation is 2. The Labute approximate surface area is 97.5 Å². The number of hydrogen-bond donors (Lipinski definition) is 1. The zero-order valence-electron chi connectivity index (χ0n) is 9.87. The van der Waals surface area contributed by atoms with Crippen molar-refractivity contribution >= 4 is 17.5 Å². The van der Waals surface area contributed by atoms with Gasteiger partial charge in [-0.3, -0.25) is 0 Å².